The van der Waals surface area contributed by atoms with Crippen LogP contribution in [0.1, 0.15) is 22.9 Å². The lowest BCUT2D eigenvalue weighted by Gasteiger charge is -2.25. The number of nitrogens with one attached hydrogen (secondary N) is 1. The van der Waals surface area contributed by atoms with E-state index in [1.807, 2.05) is 17.7 Å². The highest BCUT2D eigenvalue weighted by atomic mass is 32.1. The van der Waals surface area contributed by atoms with Crippen LogP contribution < -0.4 is 5.32 Å². The molecule has 0 radical (unpaired) electrons. The SMILES string of the molecule is Cc1cscc1CN1C(=O)CNC1c1ccc(F)cc1F. The fraction of sp³-hybridized carbons (Fsp3) is 0.267. The van der Waals surface area contributed by atoms with Gasteiger partial charge in [-0.1, -0.05) is 0 Å². The van der Waals surface area contributed by atoms with Gasteiger partial charge >= 0.3 is 0 Å². The normalized spacial score (nSPS) is 18.5. The Kier molecular flexibility index (Phi) is 3.73. The van der Waals surface area contributed by atoms with Crippen LogP contribution in [0.4, 0.5) is 8.78 Å². The summed E-state index contributed by atoms with van der Waals surface area (Å²) in [4.78, 5) is 13.6. The molecule has 1 saturated heterocycles. The van der Waals surface area contributed by atoms with Crippen molar-refractivity contribution < 1.29 is 13.6 Å². The zero-order chi connectivity index (χ0) is 15.0. The molecule has 3 nitrogen and oxygen atoms in total. The second kappa shape index (κ2) is 5.54. The number of hydrogen-bond acceptors (Lipinski definition) is 3. The van der Waals surface area contributed by atoms with E-state index in [4.69, 9.17) is 0 Å². The van der Waals surface area contributed by atoms with Crippen molar-refractivity contribution in [2.45, 2.75) is 19.6 Å². The molecule has 1 aliphatic rings. The summed E-state index contributed by atoms with van der Waals surface area (Å²) in [5.41, 5.74) is 2.44. The van der Waals surface area contributed by atoms with Crippen molar-refractivity contribution in [1.82, 2.24) is 10.2 Å². The number of rotatable bonds is 3. The Morgan fingerprint density at radius 1 is 1.38 bits per heavy atom. The number of carbonyl (C=O) groups is 1. The van der Waals surface area contributed by atoms with Gasteiger partial charge in [0.25, 0.3) is 0 Å². The molecule has 0 spiro atoms. The lowest BCUT2D eigenvalue weighted by Crippen LogP contribution is -2.30. The van der Waals surface area contributed by atoms with E-state index in [0.717, 1.165) is 17.2 Å². The fourth-order valence-corrected chi connectivity index (χ4v) is 3.30. The lowest BCUT2D eigenvalue weighted by atomic mass is 10.1. The molecule has 110 valence electrons. The Morgan fingerprint density at radius 2 is 2.19 bits per heavy atom. The zero-order valence-corrected chi connectivity index (χ0v) is 12.2. The number of nitrogens with zero attached hydrogens (tertiary/aromatic N) is 1. The molecule has 0 bridgehead atoms. The van der Waals surface area contributed by atoms with Crippen molar-refractivity contribution >= 4 is 17.2 Å². The summed E-state index contributed by atoms with van der Waals surface area (Å²) < 4.78 is 27.0. The zero-order valence-electron chi connectivity index (χ0n) is 11.4. The van der Waals surface area contributed by atoms with E-state index in [9.17, 15) is 13.6 Å². The summed E-state index contributed by atoms with van der Waals surface area (Å²) in [5.74, 6) is -1.36. The summed E-state index contributed by atoms with van der Waals surface area (Å²) in [6.07, 6.45) is -0.558. The van der Waals surface area contributed by atoms with Gasteiger partial charge in [0.15, 0.2) is 0 Å². The summed E-state index contributed by atoms with van der Waals surface area (Å²) in [6.45, 7) is 2.56. The van der Waals surface area contributed by atoms with Crippen LogP contribution in [0.5, 0.6) is 0 Å². The second-order valence-electron chi connectivity index (χ2n) is 5.05. The number of amides is 1. The molecule has 2 heterocycles. The minimum atomic E-state index is -0.644. The Morgan fingerprint density at radius 3 is 2.86 bits per heavy atom. The highest BCUT2D eigenvalue weighted by Crippen LogP contribution is 2.28. The molecule has 3 rings (SSSR count). The van der Waals surface area contributed by atoms with E-state index in [0.29, 0.717) is 6.54 Å². The molecule has 1 atom stereocenters. The van der Waals surface area contributed by atoms with Gasteiger partial charge in [-0.25, -0.2) is 8.78 Å². The van der Waals surface area contributed by atoms with Crippen molar-refractivity contribution in [3.8, 4) is 0 Å². The van der Waals surface area contributed by atoms with Crippen LogP contribution in [0.15, 0.2) is 29.0 Å². The molecular formula is C15H14F2N2OS. The van der Waals surface area contributed by atoms with Gasteiger partial charge in [-0.15, -0.1) is 0 Å². The third-order valence-corrected chi connectivity index (χ3v) is 4.55. The minimum Gasteiger partial charge on any atom is -0.317 e. The maximum Gasteiger partial charge on any atom is 0.238 e. The third-order valence-electron chi connectivity index (χ3n) is 3.64. The Bertz CT molecular complexity index is 686. The number of hydrogen-bond donors (Lipinski definition) is 1. The highest BCUT2D eigenvalue weighted by Gasteiger charge is 2.33. The van der Waals surface area contributed by atoms with E-state index >= 15 is 0 Å². The van der Waals surface area contributed by atoms with Gasteiger partial charge in [-0.2, -0.15) is 11.3 Å². The number of thiophene rings is 1. The second-order valence-corrected chi connectivity index (χ2v) is 5.79. The van der Waals surface area contributed by atoms with Crippen LogP contribution >= 0.6 is 11.3 Å². The van der Waals surface area contributed by atoms with E-state index in [1.165, 1.54) is 12.1 Å². The van der Waals surface area contributed by atoms with Gasteiger partial charge in [0.1, 0.15) is 17.8 Å². The average Bonchev–Trinajstić information content (AvgIpc) is 2.99. The minimum absolute atomic E-state index is 0.0886. The van der Waals surface area contributed by atoms with Gasteiger partial charge in [0, 0.05) is 18.2 Å². The van der Waals surface area contributed by atoms with Gasteiger partial charge in [-0.05, 0) is 40.9 Å². The fourth-order valence-electron chi connectivity index (χ4n) is 2.45. The predicted octanol–water partition coefficient (Wildman–Crippen LogP) is 2.97. The number of halogens is 2. The number of aryl methyl sites for hydroxylation is 1. The van der Waals surface area contributed by atoms with Crippen LogP contribution in [0.3, 0.4) is 0 Å². The number of carbonyl (C=O) groups excluding carboxylic acids is 1. The molecule has 1 aliphatic heterocycles. The maximum absolute atomic E-state index is 13.9. The van der Waals surface area contributed by atoms with Crippen LogP contribution in [-0.2, 0) is 11.3 Å². The van der Waals surface area contributed by atoms with Crippen molar-refractivity contribution in [3.05, 3.63) is 57.3 Å². The smallest absolute Gasteiger partial charge is 0.238 e. The molecular weight excluding hydrogens is 294 g/mol. The van der Waals surface area contributed by atoms with Crippen LogP contribution in [0.2, 0.25) is 0 Å². The maximum atomic E-state index is 13.9. The topological polar surface area (TPSA) is 32.3 Å². The van der Waals surface area contributed by atoms with Crippen molar-refractivity contribution in [3.63, 3.8) is 0 Å². The van der Waals surface area contributed by atoms with Crippen molar-refractivity contribution in [1.29, 1.82) is 0 Å². The molecule has 0 aliphatic carbocycles. The van der Waals surface area contributed by atoms with Crippen molar-refractivity contribution in [2.24, 2.45) is 0 Å². The molecule has 21 heavy (non-hydrogen) atoms. The lowest BCUT2D eigenvalue weighted by molar-refractivity contribution is -0.128. The van der Waals surface area contributed by atoms with Crippen molar-refractivity contribution in [2.75, 3.05) is 6.54 Å². The van der Waals surface area contributed by atoms with Crippen LogP contribution in [0, 0.1) is 18.6 Å². The largest absolute Gasteiger partial charge is 0.317 e. The average molecular weight is 308 g/mol. The molecule has 1 fully saturated rings. The van der Waals surface area contributed by atoms with E-state index in [1.54, 1.807) is 16.2 Å². The van der Waals surface area contributed by atoms with Gasteiger partial charge in [0.05, 0.1) is 6.54 Å². The molecule has 1 amide bonds. The summed E-state index contributed by atoms with van der Waals surface area (Å²) in [6, 6.07) is 3.43. The van der Waals surface area contributed by atoms with E-state index < -0.39 is 17.8 Å². The Hall–Kier alpha value is -1.79. The van der Waals surface area contributed by atoms with Crippen LogP contribution in [-0.4, -0.2) is 17.4 Å². The van der Waals surface area contributed by atoms with Gasteiger partial charge in [0.2, 0.25) is 5.91 Å². The molecule has 1 aromatic carbocycles. The monoisotopic (exact) mass is 308 g/mol. The first-order valence-corrected chi connectivity index (χ1v) is 7.50. The van der Waals surface area contributed by atoms with Gasteiger partial charge < -0.3 is 4.90 Å². The van der Waals surface area contributed by atoms with E-state index in [2.05, 4.69) is 5.32 Å². The third kappa shape index (κ3) is 2.69. The highest BCUT2D eigenvalue weighted by molar-refractivity contribution is 7.08. The standard InChI is InChI=1S/C15H14F2N2OS/c1-9-7-21-8-10(9)6-19-14(20)5-18-15(19)12-3-2-11(16)4-13(12)17/h2-4,7-8,15,18H,5-6H2,1H3. The Labute approximate surface area is 125 Å². The Balaban J connectivity index is 1.90. The molecule has 2 aromatic rings. The number of benzene rings is 1. The molecule has 6 heteroatoms. The van der Waals surface area contributed by atoms with E-state index in [-0.39, 0.29) is 18.0 Å². The summed E-state index contributed by atoms with van der Waals surface area (Å²) in [7, 11) is 0. The summed E-state index contributed by atoms with van der Waals surface area (Å²) >= 11 is 1.57. The molecule has 0 saturated carbocycles. The summed E-state index contributed by atoms with van der Waals surface area (Å²) in [5, 5.41) is 6.98. The van der Waals surface area contributed by atoms with Gasteiger partial charge in [-0.3, -0.25) is 10.1 Å². The quantitative estimate of drug-likeness (QED) is 0.945. The molecule has 1 aromatic heterocycles. The first-order valence-electron chi connectivity index (χ1n) is 6.55. The molecule has 1 N–H and O–H groups in total. The first kappa shape index (κ1) is 14.2. The predicted molar refractivity (Wildman–Crippen MR) is 76.7 cm³/mol. The van der Waals surface area contributed by atoms with Crippen LogP contribution in [0.25, 0.3) is 0 Å². The molecule has 1 unspecified atom stereocenters. The first-order chi connectivity index (χ1) is 10.1.